The summed E-state index contributed by atoms with van der Waals surface area (Å²) in [6.07, 6.45) is 1.44. The fourth-order valence-corrected chi connectivity index (χ4v) is 6.95. The van der Waals surface area contributed by atoms with Gasteiger partial charge in [-0.2, -0.15) is 4.31 Å². The maximum Gasteiger partial charge on any atom is 0.243 e. The van der Waals surface area contributed by atoms with Crippen LogP contribution in [0.3, 0.4) is 0 Å². The van der Waals surface area contributed by atoms with Crippen LogP contribution >= 0.6 is 0 Å². The van der Waals surface area contributed by atoms with Crippen LogP contribution in [0.4, 0.5) is 0 Å². The minimum absolute atomic E-state index is 0.0359. The highest BCUT2D eigenvalue weighted by molar-refractivity contribution is 7.89. The van der Waals surface area contributed by atoms with Crippen molar-refractivity contribution >= 4 is 15.9 Å². The van der Waals surface area contributed by atoms with Crippen LogP contribution in [-0.4, -0.2) is 87.3 Å². The molecule has 1 amide bonds. The van der Waals surface area contributed by atoms with Crippen molar-refractivity contribution in [2.24, 2.45) is 11.8 Å². The zero-order valence-corrected chi connectivity index (χ0v) is 21.9. The van der Waals surface area contributed by atoms with Gasteiger partial charge in [0.15, 0.2) is 0 Å². The lowest BCUT2D eigenvalue weighted by molar-refractivity contribution is -0.131. The standard InChI is InChI=1S/C25H42N4O3S/c1-19-14-20(2)18-27(17-19)12-13-29(9-6-25(30)28-10-7-26-8-11-28)33(31,32)24-16-22(4)21(3)15-23(24)5/h15-16,19-20,26H,6-14,17-18H2,1-5H3/t19-,20-/m1/s1. The Bertz CT molecular complexity index is 918. The average Bonchev–Trinajstić information content (AvgIpc) is 2.75. The van der Waals surface area contributed by atoms with Gasteiger partial charge >= 0.3 is 0 Å². The molecule has 1 aromatic rings. The number of piperidine rings is 1. The Morgan fingerprint density at radius 1 is 1.00 bits per heavy atom. The van der Waals surface area contributed by atoms with Crippen LogP contribution in [0.25, 0.3) is 0 Å². The number of nitrogens with one attached hydrogen (secondary N) is 1. The van der Waals surface area contributed by atoms with E-state index in [0.29, 0.717) is 42.9 Å². The molecule has 2 saturated heterocycles. The lowest BCUT2D eigenvalue weighted by Crippen LogP contribution is -2.48. The van der Waals surface area contributed by atoms with Crippen LogP contribution in [0.1, 0.15) is 43.4 Å². The first-order chi connectivity index (χ1) is 15.6. The van der Waals surface area contributed by atoms with E-state index in [2.05, 4.69) is 24.1 Å². The van der Waals surface area contributed by atoms with Crippen LogP contribution in [0.2, 0.25) is 0 Å². The second-order valence-corrected chi connectivity index (χ2v) is 12.1. The molecule has 186 valence electrons. The van der Waals surface area contributed by atoms with E-state index in [4.69, 9.17) is 0 Å². The number of hydrogen-bond acceptors (Lipinski definition) is 5. The Morgan fingerprint density at radius 2 is 1.61 bits per heavy atom. The van der Waals surface area contributed by atoms with Gasteiger partial charge in [0.05, 0.1) is 4.90 Å². The van der Waals surface area contributed by atoms with Gasteiger partial charge in [0.1, 0.15) is 0 Å². The smallest absolute Gasteiger partial charge is 0.243 e. The van der Waals surface area contributed by atoms with E-state index in [0.717, 1.165) is 42.9 Å². The van der Waals surface area contributed by atoms with Crippen molar-refractivity contribution in [3.8, 4) is 0 Å². The van der Waals surface area contributed by atoms with Crippen molar-refractivity contribution in [3.05, 3.63) is 28.8 Å². The third kappa shape index (κ3) is 6.78. The maximum absolute atomic E-state index is 13.8. The van der Waals surface area contributed by atoms with Crippen molar-refractivity contribution in [3.63, 3.8) is 0 Å². The van der Waals surface area contributed by atoms with Crippen molar-refractivity contribution in [1.82, 2.24) is 19.4 Å². The molecule has 8 heteroatoms. The first-order valence-electron chi connectivity index (χ1n) is 12.4. The highest BCUT2D eigenvalue weighted by Gasteiger charge is 2.29. The molecule has 0 radical (unpaired) electrons. The van der Waals surface area contributed by atoms with Gasteiger partial charge in [-0.05, 0) is 61.8 Å². The quantitative estimate of drug-likeness (QED) is 0.621. The Kier molecular flexibility index (Phi) is 8.95. The van der Waals surface area contributed by atoms with Crippen LogP contribution in [0.15, 0.2) is 17.0 Å². The molecule has 1 aromatic carbocycles. The number of likely N-dealkylation sites (tertiary alicyclic amines) is 1. The van der Waals surface area contributed by atoms with Crippen LogP contribution in [0.5, 0.6) is 0 Å². The molecular formula is C25H42N4O3S. The maximum atomic E-state index is 13.8. The molecule has 0 saturated carbocycles. The second-order valence-electron chi connectivity index (χ2n) is 10.2. The number of aryl methyl sites for hydroxylation is 3. The summed E-state index contributed by atoms with van der Waals surface area (Å²) in [5.74, 6) is 1.28. The zero-order valence-electron chi connectivity index (χ0n) is 21.1. The predicted octanol–water partition coefficient (Wildman–Crippen LogP) is 2.40. The lowest BCUT2D eigenvalue weighted by Gasteiger charge is -2.36. The summed E-state index contributed by atoms with van der Waals surface area (Å²) in [6, 6.07) is 3.73. The summed E-state index contributed by atoms with van der Waals surface area (Å²) < 4.78 is 29.1. The summed E-state index contributed by atoms with van der Waals surface area (Å²) >= 11 is 0. The van der Waals surface area contributed by atoms with E-state index >= 15 is 0 Å². The molecule has 2 heterocycles. The normalized spacial score (nSPS) is 22.7. The van der Waals surface area contributed by atoms with Crippen molar-refractivity contribution < 1.29 is 13.2 Å². The van der Waals surface area contributed by atoms with E-state index in [1.165, 1.54) is 6.42 Å². The van der Waals surface area contributed by atoms with Gasteiger partial charge < -0.3 is 15.1 Å². The van der Waals surface area contributed by atoms with Crippen LogP contribution in [-0.2, 0) is 14.8 Å². The van der Waals surface area contributed by atoms with Crippen LogP contribution in [0, 0.1) is 32.6 Å². The topological polar surface area (TPSA) is 73.0 Å². The molecule has 0 unspecified atom stereocenters. The van der Waals surface area contributed by atoms with E-state index in [-0.39, 0.29) is 18.9 Å². The average molecular weight is 479 g/mol. The van der Waals surface area contributed by atoms with Gasteiger partial charge in [0, 0.05) is 65.3 Å². The number of amides is 1. The summed E-state index contributed by atoms with van der Waals surface area (Å²) in [4.78, 5) is 17.4. The Morgan fingerprint density at radius 3 is 2.24 bits per heavy atom. The highest BCUT2D eigenvalue weighted by atomic mass is 32.2. The summed E-state index contributed by atoms with van der Waals surface area (Å²) in [5, 5.41) is 3.25. The predicted molar refractivity (Wildman–Crippen MR) is 133 cm³/mol. The first kappa shape index (κ1) is 26.1. The molecule has 2 atom stereocenters. The van der Waals surface area contributed by atoms with Gasteiger partial charge in [0.25, 0.3) is 0 Å². The second kappa shape index (κ2) is 11.3. The molecule has 3 rings (SSSR count). The third-order valence-electron chi connectivity index (χ3n) is 7.06. The molecule has 7 nitrogen and oxygen atoms in total. The third-order valence-corrected chi connectivity index (χ3v) is 9.10. The fourth-order valence-electron chi connectivity index (χ4n) is 5.22. The lowest BCUT2D eigenvalue weighted by atomic mass is 9.92. The van der Waals surface area contributed by atoms with Gasteiger partial charge in [-0.3, -0.25) is 4.79 Å². The van der Waals surface area contributed by atoms with E-state index < -0.39 is 10.0 Å². The number of carbonyl (C=O) groups is 1. The number of carbonyl (C=O) groups excluding carboxylic acids is 1. The number of hydrogen-bond donors (Lipinski definition) is 1. The molecule has 0 aromatic heterocycles. The molecule has 0 bridgehead atoms. The largest absolute Gasteiger partial charge is 0.340 e. The van der Waals surface area contributed by atoms with Crippen LogP contribution < -0.4 is 5.32 Å². The van der Waals surface area contributed by atoms with Gasteiger partial charge in [-0.1, -0.05) is 19.9 Å². The van der Waals surface area contributed by atoms with E-state index in [1.807, 2.05) is 31.7 Å². The highest BCUT2D eigenvalue weighted by Crippen LogP contribution is 2.25. The molecule has 2 aliphatic heterocycles. The molecule has 2 fully saturated rings. The molecule has 33 heavy (non-hydrogen) atoms. The summed E-state index contributed by atoms with van der Waals surface area (Å²) in [5.41, 5.74) is 2.81. The summed E-state index contributed by atoms with van der Waals surface area (Å²) in [7, 11) is -3.70. The Labute approximate surface area is 200 Å². The number of piperazine rings is 1. The fraction of sp³-hybridized carbons (Fsp3) is 0.720. The monoisotopic (exact) mass is 478 g/mol. The SMILES string of the molecule is Cc1cc(C)c(S(=O)(=O)N(CCC(=O)N2CCNCC2)CCN2C[C@H](C)C[C@@H](C)C2)cc1C. The molecule has 0 spiro atoms. The number of sulfonamides is 1. The molecule has 1 N–H and O–H groups in total. The zero-order chi connectivity index (χ0) is 24.2. The van der Waals surface area contributed by atoms with Gasteiger partial charge in [-0.25, -0.2) is 8.42 Å². The minimum atomic E-state index is -3.70. The van der Waals surface area contributed by atoms with Gasteiger partial charge in [-0.15, -0.1) is 0 Å². The van der Waals surface area contributed by atoms with Crippen molar-refractivity contribution in [2.75, 3.05) is 58.9 Å². The summed E-state index contributed by atoms with van der Waals surface area (Å²) in [6.45, 7) is 16.6. The number of nitrogens with zero attached hydrogens (tertiary/aromatic N) is 3. The van der Waals surface area contributed by atoms with Gasteiger partial charge in [0.2, 0.25) is 15.9 Å². The first-order valence-corrected chi connectivity index (χ1v) is 13.8. The molecule has 2 aliphatic rings. The van der Waals surface area contributed by atoms with Crippen molar-refractivity contribution in [2.45, 2.75) is 52.4 Å². The number of benzene rings is 1. The van der Waals surface area contributed by atoms with E-state index in [9.17, 15) is 13.2 Å². The Hall–Kier alpha value is -1.48. The van der Waals surface area contributed by atoms with Crippen molar-refractivity contribution in [1.29, 1.82) is 0 Å². The Balaban J connectivity index is 1.77. The molecule has 0 aliphatic carbocycles. The molecular weight excluding hydrogens is 436 g/mol. The number of rotatable bonds is 8. The van der Waals surface area contributed by atoms with E-state index in [1.54, 1.807) is 10.4 Å². The minimum Gasteiger partial charge on any atom is -0.340 e.